The lowest BCUT2D eigenvalue weighted by Crippen LogP contribution is -2.42. The zero-order valence-corrected chi connectivity index (χ0v) is 17.1. The maximum atomic E-state index is 12.5. The summed E-state index contributed by atoms with van der Waals surface area (Å²) >= 11 is 0. The molecule has 160 valence electrons. The van der Waals surface area contributed by atoms with Gasteiger partial charge in [0, 0.05) is 25.6 Å². The molecule has 1 aromatic carbocycles. The molecule has 0 aliphatic carbocycles. The number of hydrogen-bond acceptors (Lipinski definition) is 6. The summed E-state index contributed by atoms with van der Waals surface area (Å²) < 4.78 is 13.4. The third kappa shape index (κ3) is 4.62. The van der Waals surface area contributed by atoms with E-state index >= 15 is 0 Å². The zero-order valence-electron chi connectivity index (χ0n) is 17.1. The van der Waals surface area contributed by atoms with Crippen molar-refractivity contribution in [3.05, 3.63) is 56.7 Å². The Bertz CT molecular complexity index is 1050. The van der Waals surface area contributed by atoms with Crippen LogP contribution in [-0.2, 0) is 22.6 Å². The average Bonchev–Trinajstić information content (AvgIpc) is 3.24. The second kappa shape index (κ2) is 9.45. The van der Waals surface area contributed by atoms with Crippen molar-refractivity contribution < 1.29 is 14.3 Å². The number of amides is 1. The van der Waals surface area contributed by atoms with Crippen LogP contribution in [0.4, 0.5) is 11.5 Å². The van der Waals surface area contributed by atoms with Gasteiger partial charge in [-0.15, -0.1) is 0 Å². The van der Waals surface area contributed by atoms with E-state index in [0.29, 0.717) is 13.2 Å². The summed E-state index contributed by atoms with van der Waals surface area (Å²) in [6, 6.07) is 7.30. The van der Waals surface area contributed by atoms with Crippen LogP contribution in [0.1, 0.15) is 25.8 Å². The number of benzene rings is 1. The molecule has 0 saturated carbocycles. The first-order valence-electron chi connectivity index (χ1n) is 9.91. The molecule has 3 N–H and O–H groups in total. The molecule has 1 aliphatic heterocycles. The van der Waals surface area contributed by atoms with Gasteiger partial charge in [0.05, 0.1) is 13.2 Å². The highest BCUT2D eigenvalue weighted by atomic mass is 16.5. The van der Waals surface area contributed by atoms with Gasteiger partial charge in [-0.1, -0.05) is 12.1 Å². The molecule has 9 nitrogen and oxygen atoms in total. The fraction of sp³-hybridized carbons (Fsp3) is 0.381. The van der Waals surface area contributed by atoms with Crippen LogP contribution in [0.15, 0.2) is 39.9 Å². The zero-order chi connectivity index (χ0) is 21.7. The van der Waals surface area contributed by atoms with Crippen molar-refractivity contribution in [2.45, 2.75) is 39.5 Å². The molecular formula is C21H26N4O5. The number of nitrogens with one attached hydrogen (secondary N) is 1. The van der Waals surface area contributed by atoms with E-state index in [1.165, 1.54) is 10.6 Å². The van der Waals surface area contributed by atoms with Gasteiger partial charge in [-0.2, -0.15) is 0 Å². The fourth-order valence-electron chi connectivity index (χ4n) is 3.21. The van der Waals surface area contributed by atoms with Crippen molar-refractivity contribution in [3.8, 4) is 5.75 Å². The Kier molecular flexibility index (Phi) is 6.73. The Balaban J connectivity index is 1.71. The van der Waals surface area contributed by atoms with Gasteiger partial charge in [-0.3, -0.25) is 18.7 Å². The summed E-state index contributed by atoms with van der Waals surface area (Å²) in [5, 5.41) is 2.50. The lowest BCUT2D eigenvalue weighted by atomic mass is 10.2. The van der Waals surface area contributed by atoms with Gasteiger partial charge in [0.2, 0.25) is 5.91 Å². The van der Waals surface area contributed by atoms with Crippen LogP contribution in [0.5, 0.6) is 5.75 Å². The van der Waals surface area contributed by atoms with Crippen LogP contribution in [-0.4, -0.2) is 34.4 Å². The molecule has 3 rings (SSSR count). The molecule has 9 heteroatoms. The maximum Gasteiger partial charge on any atom is 0.332 e. The van der Waals surface area contributed by atoms with Gasteiger partial charge in [-0.25, -0.2) is 4.79 Å². The number of nitrogen functional groups attached to an aromatic ring is 1. The van der Waals surface area contributed by atoms with Crippen molar-refractivity contribution in [3.63, 3.8) is 0 Å². The number of nitrogens with zero attached hydrogens (tertiary/aromatic N) is 2. The standard InChI is InChI=1S/C21H26N4O5/c1-3-24-19(22)18(20(27)25(4-2)21(24)28)23-17(26)10-7-14-5-8-15(9-6-14)30-16-11-12-29-13-16/h5-10,16H,3-4,11-13,22H2,1-2H3,(H,23,26)/b10-7+/t16-/m0/s1. The minimum atomic E-state index is -0.621. The second-order valence-corrected chi connectivity index (χ2v) is 6.83. The van der Waals surface area contributed by atoms with Gasteiger partial charge >= 0.3 is 5.69 Å². The SMILES string of the molecule is CCn1c(N)c(NC(=O)/C=C/c2ccc(O[C@H]3CCOC3)cc2)c(=O)n(CC)c1=O. The molecule has 2 heterocycles. The molecule has 1 fully saturated rings. The van der Waals surface area contributed by atoms with Crippen molar-refractivity contribution in [1.82, 2.24) is 9.13 Å². The first-order chi connectivity index (χ1) is 14.4. The van der Waals surface area contributed by atoms with Crippen molar-refractivity contribution in [2.75, 3.05) is 24.3 Å². The Morgan fingerprint density at radius 3 is 2.53 bits per heavy atom. The molecule has 2 aromatic rings. The molecule has 1 aromatic heterocycles. The first kappa shape index (κ1) is 21.4. The van der Waals surface area contributed by atoms with Gasteiger partial charge in [0.1, 0.15) is 23.4 Å². The van der Waals surface area contributed by atoms with E-state index in [4.69, 9.17) is 15.2 Å². The molecule has 1 amide bonds. The van der Waals surface area contributed by atoms with E-state index in [1.54, 1.807) is 19.9 Å². The van der Waals surface area contributed by atoms with Crippen molar-refractivity contribution in [1.29, 1.82) is 0 Å². The highest BCUT2D eigenvalue weighted by Crippen LogP contribution is 2.18. The summed E-state index contributed by atoms with van der Waals surface area (Å²) in [6.45, 7) is 5.18. The molecule has 0 radical (unpaired) electrons. The molecule has 0 spiro atoms. The number of rotatable bonds is 7. The maximum absolute atomic E-state index is 12.5. The van der Waals surface area contributed by atoms with E-state index in [9.17, 15) is 14.4 Å². The molecule has 0 unspecified atom stereocenters. The number of carbonyl (C=O) groups excluding carboxylic acids is 1. The minimum absolute atomic E-state index is 0.0589. The predicted molar refractivity (Wildman–Crippen MR) is 115 cm³/mol. The monoisotopic (exact) mass is 414 g/mol. The number of hydrogen-bond donors (Lipinski definition) is 2. The van der Waals surface area contributed by atoms with Gasteiger partial charge < -0.3 is 20.5 Å². The Morgan fingerprint density at radius 2 is 1.93 bits per heavy atom. The molecule has 1 atom stereocenters. The summed E-state index contributed by atoms with van der Waals surface area (Å²) in [5.41, 5.74) is 5.52. The Morgan fingerprint density at radius 1 is 1.23 bits per heavy atom. The van der Waals surface area contributed by atoms with Crippen LogP contribution in [0.3, 0.4) is 0 Å². The summed E-state index contributed by atoms with van der Waals surface area (Å²) in [7, 11) is 0. The third-order valence-electron chi connectivity index (χ3n) is 4.85. The lowest BCUT2D eigenvalue weighted by molar-refractivity contribution is -0.111. The summed E-state index contributed by atoms with van der Waals surface area (Å²) in [6.07, 6.45) is 3.86. The van der Waals surface area contributed by atoms with E-state index in [1.807, 2.05) is 24.3 Å². The average molecular weight is 414 g/mol. The number of carbonyl (C=O) groups is 1. The fourth-order valence-corrected chi connectivity index (χ4v) is 3.21. The van der Waals surface area contributed by atoms with Crippen LogP contribution in [0.25, 0.3) is 6.08 Å². The third-order valence-corrected chi connectivity index (χ3v) is 4.85. The Hall–Kier alpha value is -3.33. The van der Waals surface area contributed by atoms with Crippen molar-refractivity contribution >= 4 is 23.5 Å². The largest absolute Gasteiger partial charge is 0.488 e. The smallest absolute Gasteiger partial charge is 0.332 e. The van der Waals surface area contributed by atoms with Crippen LogP contribution >= 0.6 is 0 Å². The highest BCUT2D eigenvalue weighted by Gasteiger charge is 2.18. The first-order valence-corrected chi connectivity index (χ1v) is 9.91. The van der Waals surface area contributed by atoms with Gasteiger partial charge in [-0.05, 0) is 37.6 Å². The number of anilines is 2. The number of aromatic nitrogens is 2. The summed E-state index contributed by atoms with van der Waals surface area (Å²) in [5.74, 6) is 0.157. The normalized spacial score (nSPS) is 16.1. The van der Waals surface area contributed by atoms with Crippen LogP contribution < -0.4 is 27.0 Å². The van der Waals surface area contributed by atoms with Crippen molar-refractivity contribution in [2.24, 2.45) is 0 Å². The van der Waals surface area contributed by atoms with Gasteiger partial charge in [0.25, 0.3) is 5.56 Å². The quantitative estimate of drug-likeness (QED) is 0.662. The van der Waals surface area contributed by atoms with Gasteiger partial charge in [0.15, 0.2) is 0 Å². The summed E-state index contributed by atoms with van der Waals surface area (Å²) in [4.78, 5) is 37.1. The molecule has 1 saturated heterocycles. The van der Waals surface area contributed by atoms with E-state index in [2.05, 4.69) is 5.32 Å². The topological polar surface area (TPSA) is 118 Å². The molecule has 1 aliphatic rings. The van der Waals surface area contributed by atoms with E-state index in [-0.39, 0.29) is 30.7 Å². The lowest BCUT2D eigenvalue weighted by Gasteiger charge is -2.14. The van der Waals surface area contributed by atoms with Crippen LogP contribution in [0, 0.1) is 0 Å². The number of nitrogens with two attached hydrogens (primary N) is 1. The molecular weight excluding hydrogens is 388 g/mol. The van der Waals surface area contributed by atoms with E-state index in [0.717, 1.165) is 22.3 Å². The van der Waals surface area contributed by atoms with E-state index < -0.39 is 17.2 Å². The predicted octanol–water partition coefficient (Wildman–Crippen LogP) is 1.45. The minimum Gasteiger partial charge on any atom is -0.488 e. The second-order valence-electron chi connectivity index (χ2n) is 6.83. The highest BCUT2D eigenvalue weighted by molar-refractivity contribution is 6.03. The Labute approximate surface area is 173 Å². The van der Waals surface area contributed by atoms with Crippen LogP contribution in [0.2, 0.25) is 0 Å². The number of ether oxygens (including phenoxy) is 2. The molecule has 0 bridgehead atoms. The molecule has 30 heavy (non-hydrogen) atoms.